The van der Waals surface area contributed by atoms with E-state index in [1.165, 1.54) is 11.1 Å². The van der Waals surface area contributed by atoms with Crippen LogP contribution in [0.15, 0.2) is 53.8 Å². The smallest absolute Gasteiger partial charge is 0.191 e. The normalized spacial score (nSPS) is 16.0. The maximum Gasteiger partial charge on any atom is 0.191 e. The first kappa shape index (κ1) is 20.1. The summed E-state index contributed by atoms with van der Waals surface area (Å²) in [6.45, 7) is 6.71. The number of ether oxygens (including phenoxy) is 1. The van der Waals surface area contributed by atoms with Crippen LogP contribution in [0, 0.1) is 6.92 Å². The SMILES string of the molecule is CN=C(NCCOc1cccnc1)NC1CCN(Cc2ccccc2C)CC1. The molecule has 0 amide bonds. The molecule has 6 heteroatoms. The zero-order valence-corrected chi connectivity index (χ0v) is 16.9. The first-order chi connectivity index (χ1) is 13.7. The molecule has 150 valence electrons. The van der Waals surface area contributed by atoms with Gasteiger partial charge in [-0.3, -0.25) is 14.9 Å². The molecule has 1 aromatic carbocycles. The van der Waals surface area contributed by atoms with E-state index >= 15 is 0 Å². The minimum absolute atomic E-state index is 0.457. The fourth-order valence-corrected chi connectivity index (χ4v) is 3.42. The van der Waals surface area contributed by atoms with Crippen molar-refractivity contribution in [2.45, 2.75) is 32.4 Å². The Labute approximate surface area is 168 Å². The molecule has 1 aliphatic rings. The molecule has 3 rings (SSSR count). The van der Waals surface area contributed by atoms with Gasteiger partial charge in [0.2, 0.25) is 0 Å². The molecule has 0 aliphatic carbocycles. The van der Waals surface area contributed by atoms with Crippen LogP contribution in [0.1, 0.15) is 24.0 Å². The zero-order valence-electron chi connectivity index (χ0n) is 16.9. The van der Waals surface area contributed by atoms with Crippen molar-refractivity contribution in [3.63, 3.8) is 0 Å². The van der Waals surface area contributed by atoms with Gasteiger partial charge in [0.25, 0.3) is 0 Å². The van der Waals surface area contributed by atoms with Crippen LogP contribution in [0.3, 0.4) is 0 Å². The lowest BCUT2D eigenvalue weighted by Gasteiger charge is -2.33. The average molecular weight is 382 g/mol. The van der Waals surface area contributed by atoms with Crippen LogP contribution in [-0.4, -0.2) is 55.2 Å². The van der Waals surface area contributed by atoms with E-state index in [1.807, 2.05) is 19.2 Å². The quantitative estimate of drug-likeness (QED) is 0.439. The summed E-state index contributed by atoms with van der Waals surface area (Å²) >= 11 is 0. The lowest BCUT2D eigenvalue weighted by atomic mass is 10.0. The van der Waals surface area contributed by atoms with Crippen molar-refractivity contribution in [2.75, 3.05) is 33.3 Å². The van der Waals surface area contributed by atoms with Crippen molar-refractivity contribution in [3.05, 3.63) is 59.9 Å². The molecule has 28 heavy (non-hydrogen) atoms. The summed E-state index contributed by atoms with van der Waals surface area (Å²) in [4.78, 5) is 10.9. The second kappa shape index (κ2) is 10.7. The highest BCUT2D eigenvalue weighted by atomic mass is 16.5. The van der Waals surface area contributed by atoms with E-state index in [1.54, 1.807) is 12.4 Å². The molecular weight excluding hydrogens is 350 g/mol. The van der Waals surface area contributed by atoms with Crippen LogP contribution >= 0.6 is 0 Å². The van der Waals surface area contributed by atoms with Gasteiger partial charge in [-0.2, -0.15) is 0 Å². The minimum Gasteiger partial charge on any atom is -0.490 e. The van der Waals surface area contributed by atoms with Gasteiger partial charge in [0.15, 0.2) is 5.96 Å². The summed E-state index contributed by atoms with van der Waals surface area (Å²) in [6.07, 6.45) is 5.71. The molecule has 1 aromatic heterocycles. The Morgan fingerprint density at radius 1 is 1.21 bits per heavy atom. The largest absolute Gasteiger partial charge is 0.490 e. The van der Waals surface area contributed by atoms with E-state index < -0.39 is 0 Å². The van der Waals surface area contributed by atoms with Crippen LogP contribution in [0.25, 0.3) is 0 Å². The zero-order chi connectivity index (χ0) is 19.6. The number of hydrogen-bond donors (Lipinski definition) is 2. The fourth-order valence-electron chi connectivity index (χ4n) is 3.42. The number of aliphatic imine (C=N–C) groups is 1. The van der Waals surface area contributed by atoms with Crippen LogP contribution in [0.2, 0.25) is 0 Å². The molecule has 0 bridgehead atoms. The van der Waals surface area contributed by atoms with Gasteiger partial charge < -0.3 is 15.4 Å². The Bertz CT molecular complexity index is 742. The molecular formula is C22H31N5O. The van der Waals surface area contributed by atoms with E-state index in [9.17, 15) is 0 Å². The van der Waals surface area contributed by atoms with Crippen molar-refractivity contribution in [1.29, 1.82) is 0 Å². The molecule has 2 heterocycles. The van der Waals surface area contributed by atoms with Gasteiger partial charge in [-0.25, -0.2) is 0 Å². The predicted molar refractivity (Wildman–Crippen MR) is 114 cm³/mol. The van der Waals surface area contributed by atoms with Crippen molar-refractivity contribution in [1.82, 2.24) is 20.5 Å². The van der Waals surface area contributed by atoms with Gasteiger partial charge in [0, 0.05) is 38.9 Å². The molecule has 0 radical (unpaired) electrons. The van der Waals surface area contributed by atoms with Gasteiger partial charge in [0.05, 0.1) is 12.7 Å². The first-order valence-corrected chi connectivity index (χ1v) is 10.0. The van der Waals surface area contributed by atoms with E-state index in [2.05, 4.69) is 56.7 Å². The van der Waals surface area contributed by atoms with Gasteiger partial charge in [-0.15, -0.1) is 0 Å². The maximum atomic E-state index is 5.66. The first-order valence-electron chi connectivity index (χ1n) is 10.0. The van der Waals surface area contributed by atoms with Crippen molar-refractivity contribution in [2.24, 2.45) is 4.99 Å². The number of rotatable bonds is 7. The van der Waals surface area contributed by atoms with Crippen LogP contribution in [0.4, 0.5) is 0 Å². The average Bonchev–Trinajstić information content (AvgIpc) is 2.74. The number of nitrogens with zero attached hydrogens (tertiary/aromatic N) is 3. The third-order valence-corrected chi connectivity index (χ3v) is 5.10. The predicted octanol–water partition coefficient (Wildman–Crippen LogP) is 2.60. The molecule has 2 N–H and O–H groups in total. The van der Waals surface area contributed by atoms with Crippen molar-refractivity contribution >= 4 is 5.96 Å². The Morgan fingerprint density at radius 2 is 2.04 bits per heavy atom. The second-order valence-electron chi connectivity index (χ2n) is 7.16. The summed E-state index contributed by atoms with van der Waals surface area (Å²) in [5.41, 5.74) is 2.81. The molecule has 1 aliphatic heterocycles. The molecule has 6 nitrogen and oxygen atoms in total. The minimum atomic E-state index is 0.457. The molecule has 0 atom stereocenters. The van der Waals surface area contributed by atoms with Crippen LogP contribution in [-0.2, 0) is 6.54 Å². The highest BCUT2D eigenvalue weighted by Gasteiger charge is 2.20. The number of pyridine rings is 1. The highest BCUT2D eigenvalue weighted by molar-refractivity contribution is 5.79. The molecule has 1 fully saturated rings. The summed E-state index contributed by atoms with van der Waals surface area (Å²) in [5, 5.41) is 6.87. The maximum absolute atomic E-state index is 5.66. The van der Waals surface area contributed by atoms with E-state index in [0.29, 0.717) is 19.2 Å². The van der Waals surface area contributed by atoms with Gasteiger partial charge >= 0.3 is 0 Å². The Balaban J connectivity index is 1.35. The van der Waals surface area contributed by atoms with Gasteiger partial charge in [-0.1, -0.05) is 24.3 Å². The van der Waals surface area contributed by atoms with Crippen molar-refractivity contribution < 1.29 is 4.74 Å². The van der Waals surface area contributed by atoms with Gasteiger partial charge in [-0.05, 0) is 43.0 Å². The van der Waals surface area contributed by atoms with Crippen LogP contribution in [0.5, 0.6) is 5.75 Å². The highest BCUT2D eigenvalue weighted by Crippen LogP contribution is 2.16. The number of guanidine groups is 1. The Morgan fingerprint density at radius 3 is 2.75 bits per heavy atom. The topological polar surface area (TPSA) is 61.8 Å². The number of aryl methyl sites for hydroxylation is 1. The number of likely N-dealkylation sites (tertiary alicyclic amines) is 1. The molecule has 0 unspecified atom stereocenters. The van der Waals surface area contributed by atoms with E-state index in [-0.39, 0.29) is 0 Å². The summed E-state index contributed by atoms with van der Waals surface area (Å²) < 4.78 is 5.66. The lowest BCUT2D eigenvalue weighted by molar-refractivity contribution is 0.198. The molecule has 0 saturated carbocycles. The monoisotopic (exact) mass is 381 g/mol. The summed E-state index contributed by atoms with van der Waals surface area (Å²) in [5.74, 6) is 1.63. The lowest BCUT2D eigenvalue weighted by Crippen LogP contribution is -2.49. The third-order valence-electron chi connectivity index (χ3n) is 5.10. The van der Waals surface area contributed by atoms with Gasteiger partial charge in [0.1, 0.15) is 12.4 Å². The second-order valence-corrected chi connectivity index (χ2v) is 7.16. The summed E-state index contributed by atoms with van der Waals surface area (Å²) in [6, 6.07) is 12.9. The number of aromatic nitrogens is 1. The number of benzene rings is 1. The molecule has 0 spiro atoms. The Kier molecular flexibility index (Phi) is 7.67. The number of piperidine rings is 1. The fraction of sp³-hybridized carbons (Fsp3) is 0.455. The van der Waals surface area contributed by atoms with Crippen molar-refractivity contribution in [3.8, 4) is 5.75 Å². The third kappa shape index (κ3) is 6.23. The molecule has 1 saturated heterocycles. The standard InChI is InChI=1S/C22H31N5O/c1-18-6-3-4-7-19(18)17-27-13-9-20(10-14-27)26-22(23-2)25-12-15-28-21-8-5-11-24-16-21/h3-8,11,16,20H,9-10,12-15,17H2,1-2H3,(H2,23,25,26). The van der Waals surface area contributed by atoms with E-state index in [0.717, 1.165) is 44.2 Å². The summed E-state index contributed by atoms with van der Waals surface area (Å²) in [7, 11) is 1.81. The Hall–Kier alpha value is -2.60. The van der Waals surface area contributed by atoms with E-state index in [4.69, 9.17) is 4.74 Å². The van der Waals surface area contributed by atoms with Crippen LogP contribution < -0.4 is 15.4 Å². The number of nitrogens with one attached hydrogen (secondary N) is 2. The molecule has 2 aromatic rings. The number of hydrogen-bond acceptors (Lipinski definition) is 4.